The fourth-order valence-electron chi connectivity index (χ4n) is 4.02. The van der Waals surface area contributed by atoms with E-state index in [9.17, 15) is 14.7 Å². The largest absolute Gasteiger partial charge is 0.507 e. The third-order valence-corrected chi connectivity index (χ3v) is 6.02. The molecule has 1 aliphatic heterocycles. The molecule has 0 radical (unpaired) electrons. The van der Waals surface area contributed by atoms with Crippen LogP contribution in [0.15, 0.2) is 48.0 Å². The molecule has 1 saturated heterocycles. The van der Waals surface area contributed by atoms with Crippen molar-refractivity contribution >= 4 is 29.1 Å². The lowest BCUT2D eigenvalue weighted by Crippen LogP contribution is -2.32. The monoisotopic (exact) mass is 500 g/mol. The number of Topliss-reactive ketones (excluding diaryl/α,β-unsaturated/α-hetero) is 1. The molecule has 35 heavy (non-hydrogen) atoms. The van der Waals surface area contributed by atoms with Gasteiger partial charge in [-0.3, -0.25) is 9.59 Å². The zero-order valence-corrected chi connectivity index (χ0v) is 21.6. The summed E-state index contributed by atoms with van der Waals surface area (Å²) in [6.07, 6.45) is 0.675. The number of likely N-dealkylation sites (tertiary alicyclic amines) is 1. The van der Waals surface area contributed by atoms with Gasteiger partial charge in [-0.2, -0.15) is 0 Å². The Balaban J connectivity index is 2.09. The number of hydrogen-bond acceptors (Lipinski definition) is 6. The number of ether oxygens (including phenoxy) is 2. The van der Waals surface area contributed by atoms with E-state index < -0.39 is 17.7 Å². The molecule has 1 amide bonds. The van der Waals surface area contributed by atoms with Crippen molar-refractivity contribution in [3.05, 3.63) is 64.2 Å². The summed E-state index contributed by atoms with van der Waals surface area (Å²) < 4.78 is 11.1. The lowest BCUT2D eigenvalue weighted by Gasteiger charge is -2.26. The van der Waals surface area contributed by atoms with Crippen LogP contribution in [0.1, 0.15) is 37.4 Å². The Bertz CT molecular complexity index is 1110. The highest BCUT2D eigenvalue weighted by atomic mass is 35.5. The van der Waals surface area contributed by atoms with E-state index in [0.29, 0.717) is 48.1 Å². The van der Waals surface area contributed by atoms with Crippen LogP contribution in [0.2, 0.25) is 5.02 Å². The van der Waals surface area contributed by atoms with Crippen LogP contribution in [0.25, 0.3) is 5.76 Å². The maximum Gasteiger partial charge on any atom is 0.295 e. The van der Waals surface area contributed by atoms with Crippen LogP contribution in [0, 0.1) is 5.92 Å². The van der Waals surface area contributed by atoms with Crippen molar-refractivity contribution in [3.63, 3.8) is 0 Å². The molecule has 7 nitrogen and oxygen atoms in total. The maximum atomic E-state index is 13.2. The Morgan fingerprint density at radius 2 is 1.91 bits per heavy atom. The molecule has 1 atom stereocenters. The Morgan fingerprint density at radius 1 is 1.17 bits per heavy atom. The molecule has 188 valence electrons. The average molecular weight is 501 g/mol. The highest BCUT2D eigenvalue weighted by molar-refractivity contribution is 6.46. The second-order valence-corrected chi connectivity index (χ2v) is 9.68. The average Bonchev–Trinajstić information content (AvgIpc) is 3.07. The van der Waals surface area contributed by atoms with Gasteiger partial charge in [0.25, 0.3) is 11.7 Å². The first-order valence-electron chi connectivity index (χ1n) is 11.6. The van der Waals surface area contributed by atoms with Gasteiger partial charge in [0.2, 0.25) is 0 Å². The number of amides is 1. The highest BCUT2D eigenvalue weighted by Crippen LogP contribution is 2.41. The van der Waals surface area contributed by atoms with Gasteiger partial charge >= 0.3 is 0 Å². The van der Waals surface area contributed by atoms with Crippen molar-refractivity contribution in [1.82, 2.24) is 9.80 Å². The number of ketones is 1. The van der Waals surface area contributed by atoms with Crippen molar-refractivity contribution in [3.8, 4) is 11.5 Å². The van der Waals surface area contributed by atoms with Crippen LogP contribution in [0.4, 0.5) is 0 Å². The van der Waals surface area contributed by atoms with Crippen LogP contribution < -0.4 is 9.47 Å². The lowest BCUT2D eigenvalue weighted by atomic mass is 9.95. The predicted molar refractivity (Wildman–Crippen MR) is 137 cm³/mol. The SMILES string of the molecule is COc1ccc(/C(O)=C2\C(=O)C(=O)N(CCCN(C)C)C2c2cccc(OCC(C)C)c2)cc1Cl. The van der Waals surface area contributed by atoms with E-state index in [4.69, 9.17) is 21.1 Å². The van der Waals surface area contributed by atoms with E-state index in [0.717, 1.165) is 6.54 Å². The molecule has 0 aliphatic carbocycles. The van der Waals surface area contributed by atoms with Crippen LogP contribution in [0.3, 0.4) is 0 Å². The molecule has 0 bridgehead atoms. The summed E-state index contributed by atoms with van der Waals surface area (Å²) in [4.78, 5) is 29.9. The number of rotatable bonds is 10. The number of benzene rings is 2. The van der Waals surface area contributed by atoms with E-state index >= 15 is 0 Å². The second kappa shape index (κ2) is 11.6. The van der Waals surface area contributed by atoms with E-state index in [1.54, 1.807) is 12.1 Å². The summed E-state index contributed by atoms with van der Waals surface area (Å²) in [5.74, 6) is -0.209. The number of aliphatic hydroxyl groups excluding tert-OH is 1. The minimum atomic E-state index is -0.749. The first kappa shape index (κ1) is 26.6. The van der Waals surface area contributed by atoms with Crippen molar-refractivity contribution in [1.29, 1.82) is 0 Å². The number of aliphatic hydroxyl groups is 1. The minimum Gasteiger partial charge on any atom is -0.507 e. The maximum absolute atomic E-state index is 13.2. The smallest absolute Gasteiger partial charge is 0.295 e. The normalized spacial score (nSPS) is 17.5. The molecule has 3 rings (SSSR count). The van der Waals surface area contributed by atoms with Gasteiger partial charge in [0.1, 0.15) is 17.3 Å². The van der Waals surface area contributed by atoms with Crippen molar-refractivity contribution in [2.24, 2.45) is 5.92 Å². The zero-order chi connectivity index (χ0) is 25.7. The number of hydrogen-bond donors (Lipinski definition) is 1. The quantitative estimate of drug-likeness (QED) is 0.288. The molecule has 0 spiro atoms. The van der Waals surface area contributed by atoms with Crippen molar-refractivity contribution < 1.29 is 24.2 Å². The number of carbonyl (C=O) groups excluding carboxylic acids is 2. The first-order chi connectivity index (χ1) is 16.6. The van der Waals surface area contributed by atoms with E-state index in [1.165, 1.54) is 18.1 Å². The molecule has 2 aromatic rings. The summed E-state index contributed by atoms with van der Waals surface area (Å²) >= 11 is 6.26. The van der Waals surface area contributed by atoms with Gasteiger partial charge in [0, 0.05) is 12.1 Å². The molecule has 1 N–H and O–H groups in total. The Kier molecular flexibility index (Phi) is 8.81. The zero-order valence-electron chi connectivity index (χ0n) is 20.9. The summed E-state index contributed by atoms with van der Waals surface area (Å²) in [6.45, 7) is 5.77. The topological polar surface area (TPSA) is 79.3 Å². The van der Waals surface area contributed by atoms with Gasteiger partial charge < -0.3 is 24.4 Å². The number of carbonyl (C=O) groups is 2. The third-order valence-electron chi connectivity index (χ3n) is 5.73. The van der Waals surface area contributed by atoms with Gasteiger partial charge in [-0.15, -0.1) is 0 Å². The van der Waals surface area contributed by atoms with Crippen LogP contribution in [-0.4, -0.2) is 67.5 Å². The molecule has 1 unspecified atom stereocenters. The molecular formula is C27H33ClN2O5. The summed E-state index contributed by atoms with van der Waals surface area (Å²) in [5, 5.41) is 11.5. The van der Waals surface area contributed by atoms with Crippen molar-refractivity contribution in [2.75, 3.05) is 40.9 Å². The fourth-order valence-corrected chi connectivity index (χ4v) is 4.28. The van der Waals surface area contributed by atoms with E-state index in [-0.39, 0.29) is 16.4 Å². The molecule has 0 saturated carbocycles. The van der Waals surface area contributed by atoms with Gasteiger partial charge in [0.15, 0.2) is 0 Å². The van der Waals surface area contributed by atoms with Crippen LogP contribution in [-0.2, 0) is 9.59 Å². The van der Waals surface area contributed by atoms with Crippen molar-refractivity contribution in [2.45, 2.75) is 26.3 Å². The van der Waals surface area contributed by atoms with Gasteiger partial charge in [-0.1, -0.05) is 37.6 Å². The number of halogens is 1. The van der Waals surface area contributed by atoms with Gasteiger partial charge in [-0.25, -0.2) is 0 Å². The Morgan fingerprint density at radius 3 is 2.54 bits per heavy atom. The third kappa shape index (κ3) is 6.16. The Hall–Kier alpha value is -3.03. The second-order valence-electron chi connectivity index (χ2n) is 9.28. The lowest BCUT2D eigenvalue weighted by molar-refractivity contribution is -0.139. The fraction of sp³-hybridized carbons (Fsp3) is 0.407. The predicted octanol–water partition coefficient (Wildman–Crippen LogP) is 4.76. The summed E-state index contributed by atoms with van der Waals surface area (Å²) in [5.41, 5.74) is 1.05. The highest BCUT2D eigenvalue weighted by Gasteiger charge is 2.46. The van der Waals surface area contributed by atoms with E-state index in [2.05, 4.69) is 13.8 Å². The molecule has 1 fully saturated rings. The van der Waals surface area contributed by atoms with E-state index in [1.807, 2.05) is 43.3 Å². The summed E-state index contributed by atoms with van der Waals surface area (Å²) in [7, 11) is 5.40. The first-order valence-corrected chi connectivity index (χ1v) is 12.0. The van der Waals surface area contributed by atoms with Gasteiger partial charge in [0.05, 0.1) is 30.4 Å². The number of nitrogens with zero attached hydrogens (tertiary/aromatic N) is 2. The minimum absolute atomic E-state index is 0.0297. The number of methoxy groups -OCH3 is 1. The molecule has 1 aliphatic rings. The van der Waals surface area contributed by atoms with Crippen LogP contribution >= 0.6 is 11.6 Å². The van der Waals surface area contributed by atoms with Gasteiger partial charge in [-0.05, 0) is 68.9 Å². The molecule has 0 aromatic heterocycles. The molecule has 2 aromatic carbocycles. The molecule has 1 heterocycles. The Labute approximate surface area is 211 Å². The standard InChI is InChI=1S/C27H33ClN2O5/c1-17(2)16-35-20-9-6-8-18(14-20)24-23(25(31)19-10-11-22(34-5)21(28)15-19)26(32)27(33)30(24)13-7-12-29(3)4/h6,8-11,14-15,17,24,31H,7,12-13,16H2,1-5H3/b25-23+. The molecular weight excluding hydrogens is 468 g/mol. The molecule has 8 heteroatoms. The summed E-state index contributed by atoms with van der Waals surface area (Å²) in [6, 6.07) is 11.3. The van der Waals surface area contributed by atoms with Crippen LogP contribution in [0.5, 0.6) is 11.5 Å².